The van der Waals surface area contributed by atoms with E-state index in [0.29, 0.717) is 0 Å². The fraction of sp³-hybridized carbons (Fsp3) is 0. The molecule has 0 atom stereocenters. The van der Waals surface area contributed by atoms with Crippen molar-refractivity contribution < 1.29 is 4.42 Å². The van der Waals surface area contributed by atoms with Gasteiger partial charge in [0.1, 0.15) is 11.2 Å². The molecular formula is C30H18N2O. The summed E-state index contributed by atoms with van der Waals surface area (Å²) in [5.74, 6) is 0. The average Bonchev–Trinajstić information content (AvgIpc) is 3.52. The number of aromatic nitrogens is 2. The summed E-state index contributed by atoms with van der Waals surface area (Å²) in [6.07, 6.45) is 0. The largest absolute Gasteiger partial charge is 0.456 e. The highest BCUT2D eigenvalue weighted by atomic mass is 16.3. The lowest BCUT2D eigenvalue weighted by molar-refractivity contribution is 0.668. The second-order valence-electron chi connectivity index (χ2n) is 8.68. The van der Waals surface area contributed by atoms with Gasteiger partial charge in [-0.05, 0) is 42.5 Å². The van der Waals surface area contributed by atoms with Crippen molar-refractivity contribution in [2.75, 3.05) is 0 Å². The van der Waals surface area contributed by atoms with Crippen molar-refractivity contribution in [3.63, 3.8) is 0 Å². The minimum absolute atomic E-state index is 0.910. The molecular weight excluding hydrogens is 404 g/mol. The van der Waals surface area contributed by atoms with Crippen LogP contribution in [0.4, 0.5) is 0 Å². The zero-order chi connectivity index (χ0) is 21.5. The molecule has 154 valence electrons. The maximum atomic E-state index is 6.21. The third-order valence-electron chi connectivity index (χ3n) is 6.92. The number of nitrogens with one attached hydrogen (secondary N) is 1. The summed E-state index contributed by atoms with van der Waals surface area (Å²) in [6.45, 7) is 0. The van der Waals surface area contributed by atoms with Crippen molar-refractivity contribution >= 4 is 65.6 Å². The van der Waals surface area contributed by atoms with E-state index in [1.54, 1.807) is 0 Å². The van der Waals surface area contributed by atoms with E-state index in [4.69, 9.17) is 4.42 Å². The normalized spacial score (nSPS) is 12.2. The molecule has 8 aromatic rings. The van der Waals surface area contributed by atoms with Gasteiger partial charge < -0.3 is 14.0 Å². The molecule has 0 aliphatic rings. The van der Waals surface area contributed by atoms with Crippen LogP contribution >= 0.6 is 0 Å². The first kappa shape index (κ1) is 17.1. The summed E-state index contributed by atoms with van der Waals surface area (Å²) < 4.78 is 8.57. The molecule has 0 saturated carbocycles. The Hall–Kier alpha value is -4.50. The Kier molecular flexibility index (Phi) is 3.14. The fourth-order valence-electron chi connectivity index (χ4n) is 5.53. The highest BCUT2D eigenvalue weighted by Gasteiger charge is 2.18. The maximum Gasteiger partial charge on any atom is 0.137 e. The SMILES string of the molecule is c1ccc2c(c1)[nH]c1ccc3c(c4ccccc4n3-c3ccc4c(c3)oc3ccccc34)c12. The number of hydrogen-bond donors (Lipinski definition) is 1. The van der Waals surface area contributed by atoms with Crippen molar-refractivity contribution in [3.05, 3.63) is 103 Å². The molecule has 3 nitrogen and oxygen atoms in total. The van der Waals surface area contributed by atoms with Crippen molar-refractivity contribution in [2.45, 2.75) is 0 Å². The van der Waals surface area contributed by atoms with Gasteiger partial charge in [0.25, 0.3) is 0 Å². The monoisotopic (exact) mass is 422 g/mol. The lowest BCUT2D eigenvalue weighted by Crippen LogP contribution is -1.93. The fourth-order valence-corrected chi connectivity index (χ4v) is 5.53. The predicted molar refractivity (Wildman–Crippen MR) is 137 cm³/mol. The third-order valence-corrected chi connectivity index (χ3v) is 6.92. The molecule has 0 aliphatic carbocycles. The van der Waals surface area contributed by atoms with Crippen molar-refractivity contribution in [1.29, 1.82) is 0 Å². The van der Waals surface area contributed by atoms with Crippen LogP contribution in [-0.2, 0) is 0 Å². The highest BCUT2D eigenvalue weighted by Crippen LogP contribution is 2.40. The molecule has 0 amide bonds. The number of H-pyrrole nitrogens is 1. The van der Waals surface area contributed by atoms with Gasteiger partial charge >= 0.3 is 0 Å². The van der Waals surface area contributed by atoms with E-state index < -0.39 is 0 Å². The molecule has 3 aromatic heterocycles. The number of aromatic amines is 1. The minimum Gasteiger partial charge on any atom is -0.456 e. The number of para-hydroxylation sites is 3. The number of furan rings is 1. The van der Waals surface area contributed by atoms with Crippen LogP contribution in [0.2, 0.25) is 0 Å². The third kappa shape index (κ3) is 2.18. The van der Waals surface area contributed by atoms with Crippen LogP contribution in [0, 0.1) is 0 Å². The Morgan fingerprint density at radius 3 is 2.21 bits per heavy atom. The lowest BCUT2D eigenvalue weighted by Gasteiger charge is -2.08. The zero-order valence-electron chi connectivity index (χ0n) is 17.7. The lowest BCUT2D eigenvalue weighted by atomic mass is 10.1. The Balaban J connectivity index is 1.54. The van der Waals surface area contributed by atoms with E-state index >= 15 is 0 Å². The molecule has 8 rings (SSSR count). The molecule has 3 heterocycles. The van der Waals surface area contributed by atoms with Gasteiger partial charge in [-0.25, -0.2) is 0 Å². The highest BCUT2D eigenvalue weighted by molar-refractivity contribution is 6.28. The van der Waals surface area contributed by atoms with Gasteiger partial charge in [0.2, 0.25) is 0 Å². The molecule has 0 spiro atoms. The van der Waals surface area contributed by atoms with Crippen molar-refractivity contribution in [2.24, 2.45) is 0 Å². The van der Waals surface area contributed by atoms with Gasteiger partial charge in [0.15, 0.2) is 0 Å². The van der Waals surface area contributed by atoms with Crippen molar-refractivity contribution in [1.82, 2.24) is 9.55 Å². The molecule has 0 bridgehead atoms. The molecule has 0 radical (unpaired) electrons. The first-order chi connectivity index (χ1) is 16.4. The first-order valence-electron chi connectivity index (χ1n) is 11.2. The summed E-state index contributed by atoms with van der Waals surface area (Å²) in [6, 6.07) is 36.5. The van der Waals surface area contributed by atoms with E-state index in [9.17, 15) is 0 Å². The van der Waals surface area contributed by atoms with Crippen LogP contribution in [0.25, 0.3) is 71.2 Å². The van der Waals surface area contributed by atoms with E-state index in [1.807, 2.05) is 12.1 Å². The number of hydrogen-bond acceptors (Lipinski definition) is 1. The second kappa shape index (κ2) is 6.05. The van der Waals surface area contributed by atoms with Crippen LogP contribution < -0.4 is 0 Å². The van der Waals surface area contributed by atoms with Crippen molar-refractivity contribution in [3.8, 4) is 5.69 Å². The quantitative estimate of drug-likeness (QED) is 0.283. The summed E-state index contributed by atoms with van der Waals surface area (Å²) >= 11 is 0. The molecule has 0 fully saturated rings. The second-order valence-corrected chi connectivity index (χ2v) is 8.68. The van der Waals surface area contributed by atoms with Crippen LogP contribution in [0.1, 0.15) is 0 Å². The number of benzene rings is 5. The molecule has 0 aliphatic heterocycles. The standard InChI is InChI=1S/C30H18N2O/c1-4-10-23-21(8-1)29-24(31-23)15-16-26-30(29)22-9-2-5-11-25(22)32(26)18-13-14-20-19-7-3-6-12-27(19)33-28(20)17-18/h1-17,31H. The van der Waals surface area contributed by atoms with Gasteiger partial charge in [0, 0.05) is 55.1 Å². The Labute approximate surface area is 188 Å². The molecule has 0 unspecified atom stereocenters. The van der Waals surface area contributed by atoms with E-state index in [0.717, 1.165) is 27.6 Å². The molecule has 5 aromatic carbocycles. The predicted octanol–water partition coefficient (Wildman–Crippen LogP) is 8.32. The van der Waals surface area contributed by atoms with Crippen LogP contribution in [0.15, 0.2) is 108 Å². The Morgan fingerprint density at radius 1 is 0.515 bits per heavy atom. The smallest absolute Gasteiger partial charge is 0.137 e. The maximum absolute atomic E-state index is 6.21. The van der Waals surface area contributed by atoms with Gasteiger partial charge in [-0.2, -0.15) is 0 Å². The molecule has 3 heteroatoms. The van der Waals surface area contributed by atoms with Gasteiger partial charge in [-0.3, -0.25) is 0 Å². The number of fused-ring (bicyclic) bond motifs is 10. The summed E-state index contributed by atoms with van der Waals surface area (Å²) in [5, 5.41) is 7.38. The number of rotatable bonds is 1. The van der Waals surface area contributed by atoms with Crippen LogP contribution in [0.5, 0.6) is 0 Å². The van der Waals surface area contributed by atoms with Crippen LogP contribution in [0.3, 0.4) is 0 Å². The van der Waals surface area contributed by atoms with Crippen LogP contribution in [-0.4, -0.2) is 9.55 Å². The van der Waals surface area contributed by atoms with Gasteiger partial charge in [-0.15, -0.1) is 0 Å². The van der Waals surface area contributed by atoms with Gasteiger partial charge in [0.05, 0.1) is 11.0 Å². The average molecular weight is 422 g/mol. The minimum atomic E-state index is 0.910. The summed E-state index contributed by atoms with van der Waals surface area (Å²) in [4.78, 5) is 3.60. The topological polar surface area (TPSA) is 33.9 Å². The first-order valence-corrected chi connectivity index (χ1v) is 11.2. The number of nitrogens with zero attached hydrogens (tertiary/aromatic N) is 1. The summed E-state index contributed by atoms with van der Waals surface area (Å²) in [7, 11) is 0. The van der Waals surface area contributed by atoms with E-state index in [2.05, 4.69) is 101 Å². The molecule has 33 heavy (non-hydrogen) atoms. The summed E-state index contributed by atoms with van der Waals surface area (Å²) in [5.41, 5.74) is 7.66. The molecule has 1 N–H and O–H groups in total. The Morgan fingerprint density at radius 2 is 1.27 bits per heavy atom. The zero-order valence-corrected chi connectivity index (χ0v) is 17.7. The Bertz CT molecular complexity index is 2030. The van der Waals surface area contributed by atoms with E-state index in [-0.39, 0.29) is 0 Å². The van der Waals surface area contributed by atoms with Gasteiger partial charge in [-0.1, -0.05) is 54.6 Å². The molecule has 0 saturated heterocycles. The van der Waals surface area contributed by atoms with E-state index in [1.165, 1.54) is 43.6 Å².